The Kier molecular flexibility index (Phi) is 4.36. The lowest BCUT2D eigenvalue weighted by molar-refractivity contribution is 0.237. The van der Waals surface area contributed by atoms with Crippen LogP contribution in [-0.2, 0) is 0 Å². The number of benzene rings is 1. The first-order valence-corrected chi connectivity index (χ1v) is 5.77. The summed E-state index contributed by atoms with van der Waals surface area (Å²) in [6.45, 7) is 8.56. The van der Waals surface area contributed by atoms with Gasteiger partial charge >= 0.3 is 0 Å². The highest BCUT2D eigenvalue weighted by Gasteiger charge is 2.17. The van der Waals surface area contributed by atoms with E-state index in [4.69, 9.17) is 4.74 Å². The molecule has 0 aromatic heterocycles. The van der Waals surface area contributed by atoms with Crippen LogP contribution in [0.4, 0.5) is 0 Å². The van der Waals surface area contributed by atoms with E-state index >= 15 is 0 Å². The van der Waals surface area contributed by atoms with Gasteiger partial charge in [0.25, 0.3) is 0 Å². The summed E-state index contributed by atoms with van der Waals surface area (Å²) in [5.74, 6) is 1.60. The van der Waals surface area contributed by atoms with Crippen molar-refractivity contribution < 1.29 is 9.84 Å². The van der Waals surface area contributed by atoms with E-state index in [1.165, 1.54) is 5.56 Å². The number of aliphatic hydroxyl groups excluding tert-OH is 1. The lowest BCUT2D eigenvalue weighted by atomic mass is 9.87. The Balaban J connectivity index is 3.16. The van der Waals surface area contributed by atoms with Crippen LogP contribution in [0.15, 0.2) is 12.1 Å². The lowest BCUT2D eigenvalue weighted by Gasteiger charge is -2.21. The van der Waals surface area contributed by atoms with E-state index in [2.05, 4.69) is 26.0 Å². The molecule has 0 heterocycles. The van der Waals surface area contributed by atoms with E-state index < -0.39 is 0 Å². The summed E-state index contributed by atoms with van der Waals surface area (Å²) < 4.78 is 5.34. The molecule has 0 radical (unpaired) electrons. The van der Waals surface area contributed by atoms with Gasteiger partial charge in [-0.25, -0.2) is 0 Å². The summed E-state index contributed by atoms with van der Waals surface area (Å²) in [6, 6.07) is 4.24. The molecule has 1 rings (SSSR count). The summed E-state index contributed by atoms with van der Waals surface area (Å²) in [5.41, 5.74) is 3.47. The van der Waals surface area contributed by atoms with Crippen molar-refractivity contribution in [2.24, 2.45) is 5.92 Å². The van der Waals surface area contributed by atoms with Crippen molar-refractivity contribution in [2.45, 2.75) is 33.6 Å². The van der Waals surface area contributed by atoms with E-state index in [1.807, 2.05) is 13.8 Å². The van der Waals surface area contributed by atoms with E-state index in [0.717, 1.165) is 16.9 Å². The predicted molar refractivity (Wildman–Crippen MR) is 67.1 cm³/mol. The Labute approximate surface area is 98.3 Å². The standard InChI is InChI=1S/C14H22O2/c1-9(2)13(8-15)12-6-10(3)14(16-5)11(4)7-12/h6-7,9,13,15H,8H2,1-5H3. The number of hydrogen-bond donors (Lipinski definition) is 1. The molecular formula is C14H22O2. The van der Waals surface area contributed by atoms with Crippen molar-refractivity contribution in [3.05, 3.63) is 28.8 Å². The molecule has 0 amide bonds. The van der Waals surface area contributed by atoms with Crippen molar-refractivity contribution in [1.29, 1.82) is 0 Å². The van der Waals surface area contributed by atoms with E-state index in [0.29, 0.717) is 5.92 Å². The predicted octanol–water partition coefficient (Wildman–Crippen LogP) is 3.04. The van der Waals surface area contributed by atoms with E-state index in [1.54, 1.807) is 7.11 Å². The number of methoxy groups -OCH3 is 1. The summed E-state index contributed by atoms with van der Waals surface area (Å²) in [7, 11) is 1.70. The average Bonchev–Trinajstić information content (AvgIpc) is 2.17. The molecule has 0 bridgehead atoms. The highest BCUT2D eigenvalue weighted by atomic mass is 16.5. The minimum Gasteiger partial charge on any atom is -0.496 e. The van der Waals surface area contributed by atoms with Crippen LogP contribution < -0.4 is 4.74 Å². The zero-order valence-corrected chi connectivity index (χ0v) is 10.9. The average molecular weight is 222 g/mol. The third-order valence-corrected chi connectivity index (χ3v) is 3.12. The molecule has 1 aromatic carbocycles. The fraction of sp³-hybridized carbons (Fsp3) is 0.571. The Hall–Kier alpha value is -1.02. The molecule has 1 atom stereocenters. The number of rotatable bonds is 4. The lowest BCUT2D eigenvalue weighted by Crippen LogP contribution is -2.12. The van der Waals surface area contributed by atoms with Gasteiger partial charge in [0.15, 0.2) is 0 Å². The fourth-order valence-electron chi connectivity index (χ4n) is 2.22. The molecule has 2 nitrogen and oxygen atoms in total. The van der Waals surface area contributed by atoms with Gasteiger partial charge in [-0.05, 0) is 36.5 Å². The zero-order valence-electron chi connectivity index (χ0n) is 10.9. The maximum absolute atomic E-state index is 9.43. The normalized spacial score (nSPS) is 12.9. The van der Waals surface area contributed by atoms with E-state index in [9.17, 15) is 5.11 Å². The van der Waals surface area contributed by atoms with Gasteiger partial charge in [0.1, 0.15) is 5.75 Å². The number of ether oxygens (including phenoxy) is 1. The second-order valence-corrected chi connectivity index (χ2v) is 4.72. The largest absolute Gasteiger partial charge is 0.496 e. The molecule has 0 aliphatic rings. The van der Waals surface area contributed by atoms with Crippen LogP contribution in [-0.4, -0.2) is 18.8 Å². The third-order valence-electron chi connectivity index (χ3n) is 3.12. The molecule has 0 spiro atoms. The second-order valence-electron chi connectivity index (χ2n) is 4.72. The zero-order chi connectivity index (χ0) is 12.3. The van der Waals surface area contributed by atoms with Gasteiger partial charge in [-0.2, -0.15) is 0 Å². The maximum Gasteiger partial charge on any atom is 0.124 e. The molecule has 90 valence electrons. The van der Waals surface area contributed by atoms with Gasteiger partial charge in [0.2, 0.25) is 0 Å². The van der Waals surface area contributed by atoms with Crippen molar-refractivity contribution in [3.8, 4) is 5.75 Å². The van der Waals surface area contributed by atoms with Gasteiger partial charge in [0, 0.05) is 5.92 Å². The fourth-order valence-corrected chi connectivity index (χ4v) is 2.22. The molecule has 0 aliphatic heterocycles. The summed E-state index contributed by atoms with van der Waals surface area (Å²) in [4.78, 5) is 0. The van der Waals surface area contributed by atoms with Crippen LogP contribution in [0.5, 0.6) is 5.75 Å². The smallest absolute Gasteiger partial charge is 0.124 e. The first kappa shape index (κ1) is 13.0. The molecule has 1 N–H and O–H groups in total. The topological polar surface area (TPSA) is 29.5 Å². The number of hydrogen-bond acceptors (Lipinski definition) is 2. The molecule has 0 saturated carbocycles. The number of aryl methyl sites for hydroxylation is 2. The monoisotopic (exact) mass is 222 g/mol. The summed E-state index contributed by atoms with van der Waals surface area (Å²) in [5, 5.41) is 9.43. The summed E-state index contributed by atoms with van der Waals surface area (Å²) in [6.07, 6.45) is 0. The van der Waals surface area contributed by atoms with Crippen molar-refractivity contribution in [1.82, 2.24) is 0 Å². The molecule has 1 unspecified atom stereocenters. The Morgan fingerprint density at radius 1 is 1.19 bits per heavy atom. The molecule has 0 fully saturated rings. The van der Waals surface area contributed by atoms with Crippen molar-refractivity contribution in [3.63, 3.8) is 0 Å². The Bertz CT molecular complexity index is 333. The molecule has 1 aromatic rings. The van der Waals surface area contributed by atoms with Crippen molar-refractivity contribution >= 4 is 0 Å². The van der Waals surface area contributed by atoms with Crippen LogP contribution in [0, 0.1) is 19.8 Å². The Morgan fingerprint density at radius 3 is 2.00 bits per heavy atom. The minimum absolute atomic E-state index is 0.197. The quantitative estimate of drug-likeness (QED) is 0.848. The maximum atomic E-state index is 9.43. The van der Waals surface area contributed by atoms with Gasteiger partial charge in [-0.1, -0.05) is 26.0 Å². The molecule has 16 heavy (non-hydrogen) atoms. The molecular weight excluding hydrogens is 200 g/mol. The first-order valence-electron chi connectivity index (χ1n) is 5.77. The minimum atomic E-state index is 0.197. The molecule has 0 saturated heterocycles. The Morgan fingerprint density at radius 2 is 1.69 bits per heavy atom. The van der Waals surface area contributed by atoms with Crippen LogP contribution in [0.25, 0.3) is 0 Å². The first-order chi connectivity index (χ1) is 7.51. The SMILES string of the molecule is COc1c(C)cc(C(CO)C(C)C)cc1C. The molecule has 2 heteroatoms. The highest BCUT2D eigenvalue weighted by molar-refractivity contribution is 5.44. The van der Waals surface area contributed by atoms with Crippen LogP contribution in [0.3, 0.4) is 0 Å². The van der Waals surface area contributed by atoms with Gasteiger partial charge in [-0.15, -0.1) is 0 Å². The van der Waals surface area contributed by atoms with Gasteiger partial charge < -0.3 is 9.84 Å². The van der Waals surface area contributed by atoms with Crippen LogP contribution in [0.2, 0.25) is 0 Å². The van der Waals surface area contributed by atoms with Gasteiger partial charge in [0.05, 0.1) is 13.7 Å². The summed E-state index contributed by atoms with van der Waals surface area (Å²) >= 11 is 0. The van der Waals surface area contributed by atoms with Gasteiger partial charge in [-0.3, -0.25) is 0 Å². The van der Waals surface area contributed by atoms with Crippen LogP contribution in [0.1, 0.15) is 36.5 Å². The number of aliphatic hydroxyl groups is 1. The van der Waals surface area contributed by atoms with Crippen LogP contribution >= 0.6 is 0 Å². The third kappa shape index (κ3) is 2.56. The highest BCUT2D eigenvalue weighted by Crippen LogP contribution is 2.31. The molecule has 0 aliphatic carbocycles. The van der Waals surface area contributed by atoms with E-state index in [-0.39, 0.29) is 12.5 Å². The second kappa shape index (κ2) is 5.35. The van der Waals surface area contributed by atoms with Crippen molar-refractivity contribution in [2.75, 3.05) is 13.7 Å².